The third kappa shape index (κ3) is 6.11. The number of hydrogen-bond acceptors (Lipinski definition) is 4. The summed E-state index contributed by atoms with van der Waals surface area (Å²) in [6.07, 6.45) is 0. The van der Waals surface area contributed by atoms with Crippen molar-refractivity contribution in [2.24, 2.45) is 0 Å². The van der Waals surface area contributed by atoms with Crippen LogP contribution < -0.4 is 10.1 Å². The standard InChI is InChI=1S/C21H21Cl2N3O4/c22-16-4-6-18(7-5-16)30-14-20(28)26-10-8-25(9-11-26)19(27)13-24-21(29)15-2-1-3-17(23)12-15/h1-7,12H,8-11,13-14H2,(H,24,29). The molecule has 30 heavy (non-hydrogen) atoms. The molecule has 158 valence electrons. The minimum atomic E-state index is -0.362. The van der Waals surface area contributed by atoms with Crippen LogP contribution >= 0.6 is 23.2 Å². The van der Waals surface area contributed by atoms with Crippen LogP contribution in [0.3, 0.4) is 0 Å². The minimum Gasteiger partial charge on any atom is -0.484 e. The number of halogens is 2. The predicted octanol–water partition coefficient (Wildman–Crippen LogP) is 2.47. The highest BCUT2D eigenvalue weighted by molar-refractivity contribution is 6.31. The molecule has 0 spiro atoms. The molecule has 2 aromatic carbocycles. The van der Waals surface area contributed by atoms with Gasteiger partial charge < -0.3 is 19.9 Å². The zero-order valence-electron chi connectivity index (χ0n) is 16.1. The Hall–Kier alpha value is -2.77. The maximum atomic E-state index is 12.4. The van der Waals surface area contributed by atoms with Crippen molar-refractivity contribution in [3.63, 3.8) is 0 Å². The molecule has 0 radical (unpaired) electrons. The molecule has 0 bridgehead atoms. The summed E-state index contributed by atoms with van der Waals surface area (Å²) in [7, 11) is 0. The smallest absolute Gasteiger partial charge is 0.260 e. The molecule has 3 rings (SSSR count). The summed E-state index contributed by atoms with van der Waals surface area (Å²) in [4.78, 5) is 40.1. The predicted molar refractivity (Wildman–Crippen MR) is 114 cm³/mol. The van der Waals surface area contributed by atoms with E-state index in [4.69, 9.17) is 27.9 Å². The Bertz CT molecular complexity index is 913. The van der Waals surface area contributed by atoms with E-state index in [0.717, 1.165) is 0 Å². The van der Waals surface area contributed by atoms with E-state index < -0.39 is 0 Å². The number of amides is 3. The molecule has 1 N–H and O–H groups in total. The van der Waals surface area contributed by atoms with Gasteiger partial charge in [0.05, 0.1) is 6.54 Å². The number of nitrogens with one attached hydrogen (secondary N) is 1. The number of piperazine rings is 1. The summed E-state index contributed by atoms with van der Waals surface area (Å²) in [5, 5.41) is 3.65. The van der Waals surface area contributed by atoms with Crippen molar-refractivity contribution < 1.29 is 19.1 Å². The molecule has 0 unspecified atom stereocenters. The fourth-order valence-electron chi connectivity index (χ4n) is 2.97. The van der Waals surface area contributed by atoms with Gasteiger partial charge in [-0.15, -0.1) is 0 Å². The maximum absolute atomic E-state index is 12.4. The lowest BCUT2D eigenvalue weighted by atomic mass is 10.2. The zero-order chi connectivity index (χ0) is 21.5. The summed E-state index contributed by atoms with van der Waals surface area (Å²) < 4.78 is 5.48. The summed E-state index contributed by atoms with van der Waals surface area (Å²) in [5.74, 6) is -0.141. The Morgan fingerprint density at radius 3 is 2.13 bits per heavy atom. The first-order valence-electron chi connectivity index (χ1n) is 9.40. The van der Waals surface area contributed by atoms with Crippen LogP contribution in [0.2, 0.25) is 10.0 Å². The molecule has 1 aliphatic heterocycles. The lowest BCUT2D eigenvalue weighted by molar-refractivity contribution is -0.140. The zero-order valence-corrected chi connectivity index (χ0v) is 17.7. The molecule has 1 fully saturated rings. The van der Waals surface area contributed by atoms with Crippen LogP contribution in [-0.2, 0) is 9.59 Å². The minimum absolute atomic E-state index is 0.0781. The largest absolute Gasteiger partial charge is 0.484 e. The van der Waals surface area contributed by atoms with E-state index in [-0.39, 0.29) is 30.9 Å². The second kappa shape index (κ2) is 10.3. The number of ether oxygens (including phenoxy) is 1. The van der Waals surface area contributed by atoms with Crippen LogP contribution in [0.1, 0.15) is 10.4 Å². The van der Waals surface area contributed by atoms with Crippen molar-refractivity contribution in [2.75, 3.05) is 39.3 Å². The summed E-state index contributed by atoms with van der Waals surface area (Å²) in [5.41, 5.74) is 0.395. The van der Waals surface area contributed by atoms with Gasteiger partial charge in [0.1, 0.15) is 5.75 Å². The van der Waals surface area contributed by atoms with Gasteiger partial charge in [0.2, 0.25) is 5.91 Å². The molecule has 0 aromatic heterocycles. The van der Waals surface area contributed by atoms with E-state index in [1.807, 2.05) is 0 Å². The topological polar surface area (TPSA) is 79.0 Å². The molecule has 1 saturated heterocycles. The average molecular weight is 450 g/mol. The van der Waals surface area contributed by atoms with Crippen LogP contribution in [0.15, 0.2) is 48.5 Å². The van der Waals surface area contributed by atoms with Crippen molar-refractivity contribution in [3.8, 4) is 5.75 Å². The Morgan fingerprint density at radius 2 is 1.50 bits per heavy atom. The van der Waals surface area contributed by atoms with Gasteiger partial charge in [0.15, 0.2) is 6.61 Å². The van der Waals surface area contributed by atoms with E-state index in [1.165, 1.54) is 6.07 Å². The van der Waals surface area contributed by atoms with Crippen molar-refractivity contribution >= 4 is 40.9 Å². The molecule has 2 aromatic rings. The Labute approximate surface area is 184 Å². The normalized spacial score (nSPS) is 13.7. The van der Waals surface area contributed by atoms with Gasteiger partial charge in [-0.3, -0.25) is 14.4 Å². The van der Waals surface area contributed by atoms with E-state index in [0.29, 0.717) is 47.5 Å². The quantitative estimate of drug-likeness (QED) is 0.734. The molecule has 1 aliphatic rings. The van der Waals surface area contributed by atoms with Crippen molar-refractivity contribution in [1.82, 2.24) is 15.1 Å². The average Bonchev–Trinajstić information content (AvgIpc) is 2.76. The first kappa shape index (κ1) is 21.9. The highest BCUT2D eigenvalue weighted by atomic mass is 35.5. The van der Waals surface area contributed by atoms with Crippen molar-refractivity contribution in [2.45, 2.75) is 0 Å². The molecule has 9 heteroatoms. The fraction of sp³-hybridized carbons (Fsp3) is 0.286. The van der Waals surface area contributed by atoms with E-state index >= 15 is 0 Å². The Kier molecular flexibility index (Phi) is 7.54. The Balaban J connectivity index is 1.39. The number of benzene rings is 2. The molecule has 0 atom stereocenters. The lowest BCUT2D eigenvalue weighted by Crippen LogP contribution is -2.53. The first-order chi connectivity index (χ1) is 14.4. The van der Waals surface area contributed by atoms with E-state index in [9.17, 15) is 14.4 Å². The summed E-state index contributed by atoms with van der Waals surface area (Å²) >= 11 is 11.7. The van der Waals surface area contributed by atoms with Gasteiger partial charge in [0, 0.05) is 41.8 Å². The highest BCUT2D eigenvalue weighted by Gasteiger charge is 2.24. The van der Waals surface area contributed by atoms with Gasteiger partial charge >= 0.3 is 0 Å². The van der Waals surface area contributed by atoms with Gasteiger partial charge in [-0.1, -0.05) is 29.3 Å². The van der Waals surface area contributed by atoms with Crippen LogP contribution in [0, 0.1) is 0 Å². The highest BCUT2D eigenvalue weighted by Crippen LogP contribution is 2.15. The number of carbonyl (C=O) groups is 3. The van der Waals surface area contributed by atoms with Gasteiger partial charge in [-0.2, -0.15) is 0 Å². The van der Waals surface area contributed by atoms with E-state index in [1.54, 1.807) is 52.3 Å². The first-order valence-corrected chi connectivity index (χ1v) is 10.2. The lowest BCUT2D eigenvalue weighted by Gasteiger charge is -2.34. The van der Waals surface area contributed by atoms with Crippen molar-refractivity contribution in [3.05, 3.63) is 64.1 Å². The monoisotopic (exact) mass is 449 g/mol. The molecule has 0 saturated carbocycles. The summed E-state index contributed by atoms with van der Waals surface area (Å²) in [6, 6.07) is 13.3. The second-order valence-corrected chi connectivity index (χ2v) is 7.57. The molecule has 0 aliphatic carbocycles. The van der Waals surface area contributed by atoms with Gasteiger partial charge in [-0.05, 0) is 42.5 Å². The number of hydrogen-bond donors (Lipinski definition) is 1. The maximum Gasteiger partial charge on any atom is 0.260 e. The number of carbonyl (C=O) groups excluding carboxylic acids is 3. The summed E-state index contributed by atoms with van der Waals surface area (Å²) in [6.45, 7) is 1.44. The van der Waals surface area contributed by atoms with E-state index in [2.05, 4.69) is 5.32 Å². The third-order valence-corrected chi connectivity index (χ3v) is 5.14. The van der Waals surface area contributed by atoms with Gasteiger partial charge in [-0.25, -0.2) is 0 Å². The van der Waals surface area contributed by atoms with Gasteiger partial charge in [0.25, 0.3) is 11.8 Å². The SMILES string of the molecule is O=C(NCC(=O)N1CCN(C(=O)COc2ccc(Cl)cc2)CC1)c1cccc(Cl)c1. The van der Waals surface area contributed by atoms with Crippen molar-refractivity contribution in [1.29, 1.82) is 0 Å². The molecule has 3 amide bonds. The Morgan fingerprint density at radius 1 is 0.867 bits per heavy atom. The van der Waals surface area contributed by atoms with Crippen LogP contribution in [0.4, 0.5) is 0 Å². The van der Waals surface area contributed by atoms with Crippen LogP contribution in [0.5, 0.6) is 5.75 Å². The van der Waals surface area contributed by atoms with Crippen LogP contribution in [-0.4, -0.2) is 66.9 Å². The second-order valence-electron chi connectivity index (χ2n) is 6.70. The third-order valence-electron chi connectivity index (χ3n) is 4.65. The molecular weight excluding hydrogens is 429 g/mol. The fourth-order valence-corrected chi connectivity index (χ4v) is 3.29. The molecule has 1 heterocycles. The number of nitrogens with zero attached hydrogens (tertiary/aromatic N) is 2. The molecule has 7 nitrogen and oxygen atoms in total. The van der Waals surface area contributed by atoms with Crippen LogP contribution in [0.25, 0.3) is 0 Å². The molecular formula is C21H21Cl2N3O4. The number of rotatable bonds is 6.